The lowest BCUT2D eigenvalue weighted by molar-refractivity contribution is 0.00569. The molecule has 0 spiro atoms. The summed E-state index contributed by atoms with van der Waals surface area (Å²) in [7, 11) is 0. The van der Waals surface area contributed by atoms with Crippen molar-refractivity contribution in [3.8, 4) is 0 Å². The number of halogens is 2. The summed E-state index contributed by atoms with van der Waals surface area (Å²) in [6.07, 6.45) is 3.09. The molecule has 2 nitrogen and oxygen atoms in total. The second-order valence-electron chi connectivity index (χ2n) is 3.23. The number of alkyl halides is 2. The van der Waals surface area contributed by atoms with Gasteiger partial charge in [0.05, 0.1) is 12.5 Å². The van der Waals surface area contributed by atoms with Crippen LogP contribution in [-0.2, 0) is 0 Å². The summed E-state index contributed by atoms with van der Waals surface area (Å²) in [6, 6.07) is 3.38. The molecule has 2 rings (SSSR count). The summed E-state index contributed by atoms with van der Waals surface area (Å²) in [6.45, 7) is 0.102. The van der Waals surface area contributed by atoms with Crippen molar-refractivity contribution in [2.45, 2.75) is 11.8 Å². The molecule has 1 fully saturated rings. The summed E-state index contributed by atoms with van der Waals surface area (Å²) in [5.74, 6) is -3.36. The standard InChI is InChI=1S/C9H10F2N2/c10-9(11)6-13-5-8(9)7-2-1-3-12-4-7/h1-4,8,13H,5-6H2/t8-/m0/s1. The first-order valence-corrected chi connectivity index (χ1v) is 4.18. The molecule has 1 aliphatic heterocycles. The predicted octanol–water partition coefficient (Wildman–Crippen LogP) is 1.40. The Bertz CT molecular complexity index is 287. The highest BCUT2D eigenvalue weighted by Crippen LogP contribution is 2.35. The molecule has 0 aliphatic carbocycles. The van der Waals surface area contributed by atoms with E-state index in [0.717, 1.165) is 0 Å². The molecule has 1 saturated heterocycles. The Labute approximate surface area is 75.0 Å². The molecule has 0 amide bonds. The van der Waals surface area contributed by atoms with Crippen molar-refractivity contribution in [1.29, 1.82) is 0 Å². The van der Waals surface area contributed by atoms with Crippen molar-refractivity contribution in [3.63, 3.8) is 0 Å². The minimum absolute atomic E-state index is 0.230. The van der Waals surface area contributed by atoms with Crippen LogP contribution in [0.4, 0.5) is 8.78 Å². The third kappa shape index (κ3) is 1.54. The van der Waals surface area contributed by atoms with E-state index in [-0.39, 0.29) is 6.54 Å². The van der Waals surface area contributed by atoms with Crippen molar-refractivity contribution in [1.82, 2.24) is 10.3 Å². The minimum atomic E-state index is -2.64. The third-order valence-electron chi connectivity index (χ3n) is 2.31. The lowest BCUT2D eigenvalue weighted by atomic mass is 9.97. The average Bonchev–Trinajstić information content (AvgIpc) is 2.47. The van der Waals surface area contributed by atoms with E-state index in [1.165, 1.54) is 6.20 Å². The van der Waals surface area contributed by atoms with E-state index in [9.17, 15) is 8.78 Å². The highest BCUT2D eigenvalue weighted by atomic mass is 19.3. The molecule has 1 N–H and O–H groups in total. The Balaban J connectivity index is 2.27. The first-order chi connectivity index (χ1) is 6.20. The quantitative estimate of drug-likeness (QED) is 0.713. The van der Waals surface area contributed by atoms with Gasteiger partial charge in [0, 0.05) is 18.9 Å². The number of hydrogen-bond acceptors (Lipinski definition) is 2. The van der Waals surface area contributed by atoms with Gasteiger partial charge in [-0.1, -0.05) is 6.07 Å². The van der Waals surface area contributed by atoms with Crippen LogP contribution in [0.3, 0.4) is 0 Å². The number of nitrogens with one attached hydrogen (secondary N) is 1. The zero-order valence-electron chi connectivity index (χ0n) is 7.00. The summed E-state index contributed by atoms with van der Waals surface area (Å²) in [5.41, 5.74) is 0.609. The van der Waals surface area contributed by atoms with Gasteiger partial charge in [-0.15, -0.1) is 0 Å². The van der Waals surface area contributed by atoms with Crippen LogP contribution in [0.25, 0.3) is 0 Å². The molecule has 4 heteroatoms. The van der Waals surface area contributed by atoms with E-state index in [1.54, 1.807) is 18.3 Å². The highest BCUT2D eigenvalue weighted by molar-refractivity contribution is 5.20. The molecule has 70 valence electrons. The van der Waals surface area contributed by atoms with E-state index in [1.807, 2.05) is 0 Å². The number of pyridine rings is 1. The van der Waals surface area contributed by atoms with Gasteiger partial charge >= 0.3 is 0 Å². The fraction of sp³-hybridized carbons (Fsp3) is 0.444. The molecule has 0 radical (unpaired) electrons. The first-order valence-electron chi connectivity index (χ1n) is 4.18. The first kappa shape index (κ1) is 8.56. The lowest BCUT2D eigenvalue weighted by Gasteiger charge is -2.17. The fourth-order valence-corrected chi connectivity index (χ4v) is 1.60. The van der Waals surface area contributed by atoms with Crippen LogP contribution in [0.1, 0.15) is 11.5 Å². The Kier molecular flexibility index (Phi) is 2.00. The summed E-state index contributed by atoms with van der Waals surface area (Å²) in [4.78, 5) is 3.83. The number of hydrogen-bond donors (Lipinski definition) is 1. The topological polar surface area (TPSA) is 24.9 Å². The van der Waals surface area contributed by atoms with Gasteiger partial charge in [0.15, 0.2) is 0 Å². The van der Waals surface area contributed by atoms with Crippen LogP contribution in [0.2, 0.25) is 0 Å². The van der Waals surface area contributed by atoms with Gasteiger partial charge in [-0.3, -0.25) is 4.98 Å². The van der Waals surface area contributed by atoms with Gasteiger partial charge in [0.2, 0.25) is 0 Å². The maximum atomic E-state index is 13.2. The van der Waals surface area contributed by atoms with Crippen molar-refractivity contribution >= 4 is 0 Å². The van der Waals surface area contributed by atoms with Gasteiger partial charge in [-0.2, -0.15) is 0 Å². The third-order valence-corrected chi connectivity index (χ3v) is 2.31. The second-order valence-corrected chi connectivity index (χ2v) is 3.23. The number of aromatic nitrogens is 1. The molecule has 1 aliphatic rings. The number of rotatable bonds is 1. The van der Waals surface area contributed by atoms with Gasteiger partial charge in [-0.25, -0.2) is 8.78 Å². The Hall–Kier alpha value is -1.03. The SMILES string of the molecule is FC1(F)CNC[C@H]1c1cccnc1. The second kappa shape index (κ2) is 3.03. The molecular weight excluding hydrogens is 174 g/mol. The van der Waals surface area contributed by atoms with Crippen molar-refractivity contribution in [2.24, 2.45) is 0 Å². The average molecular weight is 184 g/mol. The van der Waals surface area contributed by atoms with Crippen molar-refractivity contribution in [3.05, 3.63) is 30.1 Å². The van der Waals surface area contributed by atoms with E-state index >= 15 is 0 Å². The molecule has 1 atom stereocenters. The summed E-state index contributed by atoms with van der Waals surface area (Å²) < 4.78 is 26.4. The van der Waals surface area contributed by atoms with Gasteiger partial charge in [0.25, 0.3) is 5.92 Å². The smallest absolute Gasteiger partial charge is 0.268 e. The molecule has 13 heavy (non-hydrogen) atoms. The van der Waals surface area contributed by atoms with E-state index in [4.69, 9.17) is 0 Å². The fourth-order valence-electron chi connectivity index (χ4n) is 1.60. The van der Waals surface area contributed by atoms with Crippen LogP contribution in [-0.4, -0.2) is 24.0 Å². The maximum absolute atomic E-state index is 13.2. The van der Waals surface area contributed by atoms with E-state index in [0.29, 0.717) is 12.1 Å². The molecule has 1 aromatic heterocycles. The maximum Gasteiger partial charge on any atom is 0.268 e. The van der Waals surface area contributed by atoms with E-state index in [2.05, 4.69) is 10.3 Å². The van der Waals surface area contributed by atoms with Crippen LogP contribution in [0.15, 0.2) is 24.5 Å². The molecule has 0 unspecified atom stereocenters. The van der Waals surface area contributed by atoms with Crippen LogP contribution in [0.5, 0.6) is 0 Å². The predicted molar refractivity (Wildman–Crippen MR) is 44.8 cm³/mol. The monoisotopic (exact) mass is 184 g/mol. The Morgan fingerprint density at radius 1 is 1.54 bits per heavy atom. The van der Waals surface area contributed by atoms with Crippen LogP contribution in [0, 0.1) is 0 Å². The Morgan fingerprint density at radius 2 is 2.38 bits per heavy atom. The van der Waals surface area contributed by atoms with Gasteiger partial charge in [-0.05, 0) is 11.6 Å². The highest BCUT2D eigenvalue weighted by Gasteiger charge is 2.44. The van der Waals surface area contributed by atoms with Crippen molar-refractivity contribution < 1.29 is 8.78 Å². The van der Waals surface area contributed by atoms with Crippen LogP contribution < -0.4 is 5.32 Å². The largest absolute Gasteiger partial charge is 0.310 e. The molecule has 0 bridgehead atoms. The van der Waals surface area contributed by atoms with Gasteiger partial charge < -0.3 is 5.32 Å². The lowest BCUT2D eigenvalue weighted by Crippen LogP contribution is -2.25. The molecule has 0 saturated carbocycles. The van der Waals surface area contributed by atoms with Crippen molar-refractivity contribution in [2.75, 3.05) is 13.1 Å². The Morgan fingerprint density at radius 3 is 2.92 bits per heavy atom. The number of nitrogens with zero attached hydrogens (tertiary/aromatic N) is 1. The van der Waals surface area contributed by atoms with Crippen LogP contribution >= 0.6 is 0 Å². The van der Waals surface area contributed by atoms with Gasteiger partial charge in [0.1, 0.15) is 0 Å². The zero-order chi connectivity index (χ0) is 9.31. The van der Waals surface area contributed by atoms with E-state index < -0.39 is 11.8 Å². The molecule has 0 aromatic carbocycles. The zero-order valence-corrected chi connectivity index (χ0v) is 7.00. The molecule has 1 aromatic rings. The molecular formula is C9H10F2N2. The summed E-state index contributed by atoms with van der Waals surface area (Å²) >= 11 is 0. The summed E-state index contributed by atoms with van der Waals surface area (Å²) in [5, 5.41) is 2.68. The normalized spacial score (nSPS) is 26.2. The minimum Gasteiger partial charge on any atom is -0.310 e. The molecule has 2 heterocycles.